The molecule has 0 radical (unpaired) electrons. The number of carbonyl (C=O) groups is 1. The zero-order valence-electron chi connectivity index (χ0n) is 16.6. The summed E-state index contributed by atoms with van der Waals surface area (Å²) in [4.78, 5) is 24.2. The minimum absolute atomic E-state index is 0.0238. The van der Waals surface area contributed by atoms with Crippen molar-refractivity contribution in [2.75, 3.05) is 19.4 Å². The molecule has 1 aromatic carbocycles. The van der Waals surface area contributed by atoms with Crippen molar-refractivity contribution >= 4 is 22.8 Å². The molecule has 7 nitrogen and oxygen atoms in total. The van der Waals surface area contributed by atoms with E-state index in [0.717, 1.165) is 35.3 Å². The highest BCUT2D eigenvalue weighted by atomic mass is 16.2. The molecule has 1 fully saturated rings. The predicted octanol–water partition coefficient (Wildman–Crippen LogP) is 3.26. The first-order chi connectivity index (χ1) is 13.5. The lowest BCUT2D eigenvalue weighted by molar-refractivity contribution is -0.129. The molecule has 1 amide bonds. The van der Waals surface area contributed by atoms with Gasteiger partial charge in [0.1, 0.15) is 17.7 Å². The summed E-state index contributed by atoms with van der Waals surface area (Å²) in [5.41, 5.74) is 1.70. The van der Waals surface area contributed by atoms with Crippen molar-refractivity contribution in [1.82, 2.24) is 24.6 Å². The molecule has 3 aromatic rings. The fourth-order valence-electron chi connectivity index (χ4n) is 3.84. The van der Waals surface area contributed by atoms with Gasteiger partial charge in [0.05, 0.1) is 11.6 Å². The van der Waals surface area contributed by atoms with Crippen LogP contribution in [0.2, 0.25) is 0 Å². The van der Waals surface area contributed by atoms with Crippen LogP contribution in [0.5, 0.6) is 0 Å². The zero-order valence-corrected chi connectivity index (χ0v) is 16.6. The van der Waals surface area contributed by atoms with Gasteiger partial charge in [-0.15, -0.1) is 0 Å². The molecule has 1 saturated carbocycles. The molecular formula is C21H26N6O. The zero-order chi connectivity index (χ0) is 19.7. The third-order valence-electron chi connectivity index (χ3n) is 5.43. The number of aromatic nitrogens is 4. The van der Waals surface area contributed by atoms with Crippen molar-refractivity contribution in [3.05, 3.63) is 47.9 Å². The smallest absolute Gasteiger partial charge is 0.249 e. The van der Waals surface area contributed by atoms with Crippen LogP contribution in [0.1, 0.15) is 49.0 Å². The molecule has 2 aromatic heterocycles. The summed E-state index contributed by atoms with van der Waals surface area (Å²) in [5.74, 6) is 1.87. The lowest BCUT2D eigenvalue weighted by Gasteiger charge is -2.23. The van der Waals surface area contributed by atoms with E-state index in [9.17, 15) is 4.79 Å². The summed E-state index contributed by atoms with van der Waals surface area (Å²) in [6.45, 7) is 0. The molecule has 0 unspecified atom stereocenters. The maximum absolute atomic E-state index is 12.9. The quantitative estimate of drug-likeness (QED) is 0.737. The largest absolute Gasteiger partial charge is 0.354 e. The van der Waals surface area contributed by atoms with E-state index in [1.54, 1.807) is 29.9 Å². The third kappa shape index (κ3) is 3.44. The van der Waals surface area contributed by atoms with Crippen LogP contribution in [0.3, 0.4) is 0 Å². The number of aryl methyl sites for hydroxylation is 1. The van der Waals surface area contributed by atoms with Crippen molar-refractivity contribution in [2.24, 2.45) is 7.05 Å². The molecule has 0 spiro atoms. The van der Waals surface area contributed by atoms with Gasteiger partial charge in [-0.1, -0.05) is 43.2 Å². The fraction of sp³-hybridized carbons (Fsp3) is 0.429. The van der Waals surface area contributed by atoms with E-state index < -0.39 is 6.04 Å². The fourth-order valence-corrected chi connectivity index (χ4v) is 3.84. The molecule has 2 heterocycles. The Hall–Kier alpha value is -2.96. The Morgan fingerprint density at radius 1 is 1.18 bits per heavy atom. The maximum atomic E-state index is 12.9. The van der Waals surface area contributed by atoms with Crippen molar-refractivity contribution in [1.29, 1.82) is 0 Å². The van der Waals surface area contributed by atoms with Crippen molar-refractivity contribution in [3.8, 4) is 0 Å². The van der Waals surface area contributed by atoms with Gasteiger partial charge in [0, 0.05) is 27.1 Å². The molecule has 0 bridgehead atoms. The Bertz CT molecular complexity index is 975. The van der Waals surface area contributed by atoms with E-state index in [1.165, 1.54) is 12.8 Å². The minimum Gasteiger partial charge on any atom is -0.354 e. The molecule has 1 atom stereocenters. The summed E-state index contributed by atoms with van der Waals surface area (Å²) in [6, 6.07) is 9.22. The van der Waals surface area contributed by atoms with Gasteiger partial charge in [0.25, 0.3) is 0 Å². The molecule has 28 heavy (non-hydrogen) atoms. The first-order valence-corrected chi connectivity index (χ1v) is 9.77. The summed E-state index contributed by atoms with van der Waals surface area (Å²) >= 11 is 0. The molecule has 4 rings (SSSR count). The van der Waals surface area contributed by atoms with Gasteiger partial charge < -0.3 is 10.2 Å². The SMILES string of the molecule is CN(C)C(=O)[C@@H](Nc1nc(C2CCCC2)nc2c1cnn2C)c1ccccc1. The molecule has 146 valence electrons. The first kappa shape index (κ1) is 18.4. The van der Waals surface area contributed by atoms with Gasteiger partial charge in [0.15, 0.2) is 5.65 Å². The molecule has 1 aliphatic rings. The summed E-state index contributed by atoms with van der Waals surface area (Å²) in [6.07, 6.45) is 6.42. The summed E-state index contributed by atoms with van der Waals surface area (Å²) in [7, 11) is 5.42. The first-order valence-electron chi connectivity index (χ1n) is 9.77. The number of nitrogens with zero attached hydrogens (tertiary/aromatic N) is 5. The van der Waals surface area contributed by atoms with Gasteiger partial charge in [-0.3, -0.25) is 9.48 Å². The second kappa shape index (κ2) is 7.58. The van der Waals surface area contributed by atoms with E-state index in [2.05, 4.69) is 10.4 Å². The number of hydrogen-bond donors (Lipinski definition) is 1. The maximum Gasteiger partial charge on any atom is 0.249 e. The second-order valence-electron chi connectivity index (χ2n) is 7.64. The van der Waals surface area contributed by atoms with E-state index in [4.69, 9.17) is 9.97 Å². The number of rotatable bonds is 5. The number of benzene rings is 1. The van der Waals surface area contributed by atoms with Gasteiger partial charge in [0.2, 0.25) is 5.91 Å². The normalized spacial score (nSPS) is 15.7. The van der Waals surface area contributed by atoms with E-state index in [0.29, 0.717) is 11.7 Å². The number of anilines is 1. The Morgan fingerprint density at radius 2 is 1.89 bits per heavy atom. The van der Waals surface area contributed by atoms with E-state index in [1.807, 2.05) is 37.4 Å². The van der Waals surface area contributed by atoms with Crippen LogP contribution in [0, 0.1) is 0 Å². The Balaban J connectivity index is 1.78. The number of likely N-dealkylation sites (N-methyl/N-ethyl adjacent to an activating group) is 1. The number of nitrogens with one attached hydrogen (secondary N) is 1. The highest BCUT2D eigenvalue weighted by Crippen LogP contribution is 2.34. The van der Waals surface area contributed by atoms with Gasteiger partial charge in [-0.05, 0) is 18.4 Å². The standard InChI is InChI=1S/C21H26N6O/c1-26(2)21(28)17(14-9-5-4-6-10-14)23-19-16-13-22-27(3)20(16)25-18(24-19)15-11-7-8-12-15/h4-6,9-10,13,15,17H,7-8,11-12H2,1-3H3,(H,23,24,25)/t17-/m0/s1. The number of carbonyl (C=O) groups excluding carboxylic acids is 1. The molecule has 0 aliphatic heterocycles. The summed E-state index contributed by atoms with van der Waals surface area (Å²) < 4.78 is 1.77. The van der Waals surface area contributed by atoms with Crippen LogP contribution < -0.4 is 5.32 Å². The van der Waals surface area contributed by atoms with Gasteiger partial charge in [-0.2, -0.15) is 5.10 Å². The van der Waals surface area contributed by atoms with E-state index >= 15 is 0 Å². The molecule has 1 aliphatic carbocycles. The van der Waals surface area contributed by atoms with Gasteiger partial charge in [-0.25, -0.2) is 9.97 Å². The molecular weight excluding hydrogens is 352 g/mol. The number of hydrogen-bond acceptors (Lipinski definition) is 5. The summed E-state index contributed by atoms with van der Waals surface area (Å²) in [5, 5.41) is 8.59. The topological polar surface area (TPSA) is 75.9 Å². The Kier molecular flexibility index (Phi) is 4.98. The monoisotopic (exact) mass is 378 g/mol. The lowest BCUT2D eigenvalue weighted by atomic mass is 10.1. The predicted molar refractivity (Wildman–Crippen MR) is 109 cm³/mol. The van der Waals surface area contributed by atoms with Gasteiger partial charge >= 0.3 is 0 Å². The average Bonchev–Trinajstić information content (AvgIpc) is 3.36. The Labute approximate surface area is 164 Å². The molecule has 7 heteroatoms. The van der Waals surface area contributed by atoms with Crippen LogP contribution in [-0.4, -0.2) is 44.7 Å². The van der Waals surface area contributed by atoms with Crippen LogP contribution in [0.4, 0.5) is 5.82 Å². The Morgan fingerprint density at radius 3 is 2.57 bits per heavy atom. The van der Waals surface area contributed by atoms with Crippen molar-refractivity contribution in [2.45, 2.75) is 37.6 Å². The van der Waals surface area contributed by atoms with Crippen LogP contribution in [-0.2, 0) is 11.8 Å². The highest BCUT2D eigenvalue weighted by molar-refractivity contribution is 5.91. The van der Waals surface area contributed by atoms with Crippen LogP contribution in [0.25, 0.3) is 11.0 Å². The van der Waals surface area contributed by atoms with E-state index in [-0.39, 0.29) is 5.91 Å². The van der Waals surface area contributed by atoms with Crippen LogP contribution in [0.15, 0.2) is 36.5 Å². The van der Waals surface area contributed by atoms with Crippen molar-refractivity contribution in [3.63, 3.8) is 0 Å². The molecule has 0 saturated heterocycles. The third-order valence-corrected chi connectivity index (χ3v) is 5.43. The minimum atomic E-state index is -0.522. The number of fused-ring (bicyclic) bond motifs is 1. The number of amides is 1. The lowest BCUT2D eigenvalue weighted by Crippen LogP contribution is -2.33. The average molecular weight is 378 g/mol. The second-order valence-corrected chi connectivity index (χ2v) is 7.64. The molecule has 1 N–H and O–H groups in total. The van der Waals surface area contributed by atoms with Crippen LogP contribution >= 0.6 is 0 Å². The van der Waals surface area contributed by atoms with Crippen molar-refractivity contribution < 1.29 is 4.79 Å². The highest BCUT2D eigenvalue weighted by Gasteiger charge is 2.26.